The summed E-state index contributed by atoms with van der Waals surface area (Å²) in [6, 6.07) is 6.32. The number of benzene rings is 1. The number of carbonyl (C=O) groups excluding carboxylic acids is 1. The molecular formula is C14H23ClN2O3S. The SMILES string of the molecule is CCN(CC)C(C)C(=O)c1ccc(NS(C)(=O)=O)cc1.Cl. The van der Waals surface area contributed by atoms with Crippen LogP contribution in [0.4, 0.5) is 5.69 Å². The van der Waals surface area contributed by atoms with Crippen LogP contribution in [-0.2, 0) is 10.0 Å². The molecule has 1 aromatic carbocycles. The number of anilines is 1. The zero-order chi connectivity index (χ0) is 15.3. The maximum atomic E-state index is 12.3. The minimum atomic E-state index is -3.29. The van der Waals surface area contributed by atoms with Crippen LogP contribution in [0.15, 0.2) is 24.3 Å². The van der Waals surface area contributed by atoms with Gasteiger partial charge in [0.1, 0.15) is 0 Å². The van der Waals surface area contributed by atoms with Gasteiger partial charge in [-0.15, -0.1) is 12.4 Å². The maximum Gasteiger partial charge on any atom is 0.229 e. The van der Waals surface area contributed by atoms with Gasteiger partial charge in [-0.05, 0) is 44.3 Å². The Hall–Kier alpha value is -1.11. The molecule has 0 aliphatic heterocycles. The highest BCUT2D eigenvalue weighted by Gasteiger charge is 2.20. The molecule has 1 rings (SSSR count). The fraction of sp³-hybridized carbons (Fsp3) is 0.500. The molecular weight excluding hydrogens is 312 g/mol. The minimum Gasteiger partial charge on any atom is -0.294 e. The molecule has 5 nitrogen and oxygen atoms in total. The number of sulfonamides is 1. The molecule has 0 saturated carbocycles. The van der Waals surface area contributed by atoms with Crippen LogP contribution >= 0.6 is 12.4 Å². The molecule has 120 valence electrons. The summed E-state index contributed by atoms with van der Waals surface area (Å²) in [5.41, 5.74) is 1.04. The van der Waals surface area contributed by atoms with Crippen LogP contribution in [0.1, 0.15) is 31.1 Å². The van der Waals surface area contributed by atoms with Crippen molar-refractivity contribution in [1.29, 1.82) is 0 Å². The highest BCUT2D eigenvalue weighted by molar-refractivity contribution is 7.92. The van der Waals surface area contributed by atoms with E-state index >= 15 is 0 Å². The van der Waals surface area contributed by atoms with Crippen LogP contribution in [0.2, 0.25) is 0 Å². The molecule has 0 heterocycles. The molecule has 0 radical (unpaired) electrons. The molecule has 7 heteroatoms. The third kappa shape index (κ3) is 6.03. The summed E-state index contributed by atoms with van der Waals surface area (Å²) in [5.74, 6) is 0.0413. The number of nitrogens with zero attached hydrogens (tertiary/aromatic N) is 1. The molecule has 21 heavy (non-hydrogen) atoms. The predicted molar refractivity (Wildman–Crippen MR) is 88.9 cm³/mol. The summed E-state index contributed by atoms with van der Waals surface area (Å²) < 4.78 is 24.6. The van der Waals surface area contributed by atoms with Gasteiger partial charge in [-0.2, -0.15) is 0 Å². The van der Waals surface area contributed by atoms with E-state index in [1.165, 1.54) is 0 Å². The van der Waals surface area contributed by atoms with Crippen molar-refractivity contribution in [3.63, 3.8) is 0 Å². The molecule has 1 aromatic rings. The second kappa shape index (κ2) is 8.36. The summed E-state index contributed by atoms with van der Waals surface area (Å²) in [5, 5.41) is 0. The average molecular weight is 335 g/mol. The van der Waals surface area contributed by atoms with Gasteiger partial charge in [0.05, 0.1) is 12.3 Å². The van der Waals surface area contributed by atoms with Gasteiger partial charge in [0.25, 0.3) is 0 Å². The van der Waals surface area contributed by atoms with Gasteiger partial charge in [0.15, 0.2) is 5.78 Å². The standard InChI is InChI=1S/C14H22N2O3S.ClH/c1-5-16(6-2)11(3)14(17)12-7-9-13(10-8-12)15-20(4,18)19;/h7-11,15H,5-6H2,1-4H3;1H. The molecule has 0 amide bonds. The van der Waals surface area contributed by atoms with E-state index in [2.05, 4.69) is 9.62 Å². The molecule has 1 atom stereocenters. The summed E-state index contributed by atoms with van der Waals surface area (Å²) in [7, 11) is -3.29. The van der Waals surface area contributed by atoms with Crippen LogP contribution in [0, 0.1) is 0 Å². The number of Topliss-reactive ketones (excluding diaryl/α,β-unsaturated/α-hetero) is 1. The van der Waals surface area contributed by atoms with Crippen molar-refractivity contribution in [2.24, 2.45) is 0 Å². The Morgan fingerprint density at radius 1 is 1.19 bits per heavy atom. The van der Waals surface area contributed by atoms with E-state index < -0.39 is 10.0 Å². The van der Waals surface area contributed by atoms with E-state index in [0.29, 0.717) is 11.3 Å². The monoisotopic (exact) mass is 334 g/mol. The third-order valence-electron chi connectivity index (χ3n) is 3.21. The van der Waals surface area contributed by atoms with Crippen molar-refractivity contribution in [3.8, 4) is 0 Å². The maximum absolute atomic E-state index is 12.3. The molecule has 0 aromatic heterocycles. The molecule has 0 spiro atoms. The Kier molecular flexibility index (Phi) is 7.92. The first kappa shape index (κ1) is 19.9. The normalized spacial score (nSPS) is 12.6. The molecule has 0 bridgehead atoms. The second-order valence-corrected chi connectivity index (χ2v) is 6.46. The van der Waals surface area contributed by atoms with E-state index in [1.807, 2.05) is 20.8 Å². The van der Waals surface area contributed by atoms with Gasteiger partial charge < -0.3 is 0 Å². The van der Waals surface area contributed by atoms with Gasteiger partial charge in [-0.1, -0.05) is 13.8 Å². The van der Waals surface area contributed by atoms with E-state index in [1.54, 1.807) is 24.3 Å². The minimum absolute atomic E-state index is 0. The number of nitrogens with one attached hydrogen (secondary N) is 1. The fourth-order valence-electron chi connectivity index (χ4n) is 2.09. The molecule has 0 saturated heterocycles. The summed E-state index contributed by atoms with van der Waals surface area (Å²) >= 11 is 0. The number of ketones is 1. The van der Waals surface area contributed by atoms with Gasteiger partial charge in [-0.25, -0.2) is 8.42 Å². The molecule has 0 aliphatic carbocycles. The van der Waals surface area contributed by atoms with E-state index in [0.717, 1.165) is 19.3 Å². The quantitative estimate of drug-likeness (QED) is 0.777. The first-order valence-corrected chi connectivity index (χ1v) is 8.53. The Morgan fingerprint density at radius 2 is 1.67 bits per heavy atom. The van der Waals surface area contributed by atoms with Crippen molar-refractivity contribution in [2.45, 2.75) is 26.8 Å². The average Bonchev–Trinajstić information content (AvgIpc) is 2.38. The van der Waals surface area contributed by atoms with Gasteiger partial charge >= 0.3 is 0 Å². The van der Waals surface area contributed by atoms with Crippen molar-refractivity contribution in [1.82, 2.24) is 4.90 Å². The number of halogens is 1. The molecule has 1 N–H and O–H groups in total. The largest absolute Gasteiger partial charge is 0.294 e. The second-order valence-electron chi connectivity index (χ2n) is 4.71. The van der Waals surface area contributed by atoms with Gasteiger partial charge in [0, 0.05) is 11.3 Å². The molecule has 1 unspecified atom stereocenters. The lowest BCUT2D eigenvalue weighted by atomic mass is 10.0. The molecule has 0 fully saturated rings. The third-order valence-corrected chi connectivity index (χ3v) is 3.82. The summed E-state index contributed by atoms with van der Waals surface area (Å²) in [6.45, 7) is 7.56. The smallest absolute Gasteiger partial charge is 0.229 e. The van der Waals surface area contributed by atoms with Crippen LogP contribution < -0.4 is 4.72 Å². The lowest BCUT2D eigenvalue weighted by Gasteiger charge is -2.25. The summed E-state index contributed by atoms with van der Waals surface area (Å²) in [4.78, 5) is 14.4. The van der Waals surface area contributed by atoms with Crippen LogP contribution in [-0.4, -0.2) is 44.5 Å². The van der Waals surface area contributed by atoms with Gasteiger partial charge in [-0.3, -0.25) is 14.4 Å². The Labute approximate surface area is 133 Å². The van der Waals surface area contributed by atoms with Crippen molar-refractivity contribution < 1.29 is 13.2 Å². The lowest BCUT2D eigenvalue weighted by Crippen LogP contribution is -2.38. The lowest BCUT2D eigenvalue weighted by molar-refractivity contribution is 0.0851. The van der Waals surface area contributed by atoms with Crippen LogP contribution in [0.5, 0.6) is 0 Å². The first-order valence-electron chi connectivity index (χ1n) is 6.64. The van der Waals surface area contributed by atoms with Crippen molar-refractivity contribution >= 4 is 33.9 Å². The predicted octanol–water partition coefficient (Wildman–Crippen LogP) is 2.39. The highest BCUT2D eigenvalue weighted by Crippen LogP contribution is 2.14. The zero-order valence-electron chi connectivity index (χ0n) is 12.8. The highest BCUT2D eigenvalue weighted by atomic mass is 35.5. The van der Waals surface area contributed by atoms with Crippen LogP contribution in [0.3, 0.4) is 0 Å². The topological polar surface area (TPSA) is 66.5 Å². The van der Waals surface area contributed by atoms with Crippen molar-refractivity contribution in [3.05, 3.63) is 29.8 Å². The Balaban J connectivity index is 0.00000400. The zero-order valence-corrected chi connectivity index (χ0v) is 14.4. The van der Waals surface area contributed by atoms with Crippen LogP contribution in [0.25, 0.3) is 0 Å². The van der Waals surface area contributed by atoms with E-state index in [4.69, 9.17) is 0 Å². The van der Waals surface area contributed by atoms with Crippen molar-refractivity contribution in [2.75, 3.05) is 24.1 Å². The first-order chi connectivity index (χ1) is 9.28. The Bertz CT molecular complexity index is 554. The number of likely N-dealkylation sites (N-methyl/N-ethyl adjacent to an activating group) is 1. The Morgan fingerprint density at radius 3 is 2.05 bits per heavy atom. The molecule has 0 aliphatic rings. The number of rotatable bonds is 7. The van der Waals surface area contributed by atoms with Gasteiger partial charge in [0.2, 0.25) is 10.0 Å². The number of hydrogen-bond acceptors (Lipinski definition) is 4. The number of hydrogen-bond donors (Lipinski definition) is 1. The fourth-order valence-corrected chi connectivity index (χ4v) is 2.66. The number of carbonyl (C=O) groups is 1. The summed E-state index contributed by atoms with van der Waals surface area (Å²) in [6.07, 6.45) is 1.09. The van der Waals surface area contributed by atoms with E-state index in [-0.39, 0.29) is 24.2 Å². The van der Waals surface area contributed by atoms with E-state index in [9.17, 15) is 13.2 Å².